The zero-order chi connectivity index (χ0) is 15.6. The van der Waals surface area contributed by atoms with Crippen molar-refractivity contribution >= 4 is 27.7 Å². The second-order valence-electron chi connectivity index (χ2n) is 4.06. The van der Waals surface area contributed by atoms with Crippen LogP contribution in [0, 0.1) is 11.3 Å². The van der Waals surface area contributed by atoms with E-state index in [-0.39, 0.29) is 10.7 Å². The predicted octanol–water partition coefficient (Wildman–Crippen LogP) is 5.12. The van der Waals surface area contributed by atoms with Crippen LogP contribution >= 0.6 is 27.7 Å². The van der Waals surface area contributed by atoms with E-state index < -0.39 is 17.3 Å². The van der Waals surface area contributed by atoms with Gasteiger partial charge in [0.2, 0.25) is 0 Å². The number of nitriles is 1. The van der Waals surface area contributed by atoms with E-state index >= 15 is 0 Å². The molecule has 21 heavy (non-hydrogen) atoms. The molecule has 0 radical (unpaired) electrons. The normalized spacial score (nSPS) is 11.2. The van der Waals surface area contributed by atoms with Crippen LogP contribution in [0.15, 0.2) is 39.8 Å². The summed E-state index contributed by atoms with van der Waals surface area (Å²) in [4.78, 5) is 4.16. The van der Waals surface area contributed by atoms with Crippen LogP contribution in [0.1, 0.15) is 11.1 Å². The Hall–Kier alpha value is -1.52. The van der Waals surface area contributed by atoms with Gasteiger partial charge in [0, 0.05) is 10.0 Å². The van der Waals surface area contributed by atoms with Gasteiger partial charge in [0.1, 0.15) is 11.1 Å². The zero-order valence-corrected chi connectivity index (χ0v) is 13.1. The predicted molar refractivity (Wildman–Crippen MR) is 78.9 cm³/mol. The maximum atomic E-state index is 13.1. The van der Waals surface area contributed by atoms with Gasteiger partial charge in [0.05, 0.1) is 16.8 Å². The highest BCUT2D eigenvalue weighted by Gasteiger charge is 2.35. The summed E-state index contributed by atoms with van der Waals surface area (Å²) >= 11 is 4.29. The summed E-state index contributed by atoms with van der Waals surface area (Å²) in [5, 5.41) is 9.06. The summed E-state index contributed by atoms with van der Waals surface area (Å²) in [6.07, 6.45) is -3.00. The van der Waals surface area contributed by atoms with Crippen molar-refractivity contribution < 1.29 is 13.2 Å². The van der Waals surface area contributed by atoms with Crippen molar-refractivity contribution in [1.82, 2.24) is 4.98 Å². The zero-order valence-electron chi connectivity index (χ0n) is 10.7. The van der Waals surface area contributed by atoms with E-state index in [4.69, 9.17) is 5.26 Å². The highest BCUT2D eigenvalue weighted by molar-refractivity contribution is 9.10. The summed E-state index contributed by atoms with van der Waals surface area (Å²) in [5.41, 5.74) is -0.639. The van der Waals surface area contributed by atoms with Crippen molar-refractivity contribution in [2.75, 3.05) is 6.26 Å². The van der Waals surface area contributed by atoms with Gasteiger partial charge in [0.25, 0.3) is 0 Å². The van der Waals surface area contributed by atoms with Crippen LogP contribution in [0.3, 0.4) is 0 Å². The quantitative estimate of drug-likeness (QED) is 0.686. The first-order chi connectivity index (χ1) is 9.86. The van der Waals surface area contributed by atoms with E-state index in [1.165, 1.54) is 0 Å². The number of nitrogens with zero attached hydrogens (tertiary/aromatic N) is 2. The van der Waals surface area contributed by atoms with Crippen molar-refractivity contribution in [3.05, 3.63) is 45.9 Å². The van der Waals surface area contributed by atoms with Crippen LogP contribution in [0.25, 0.3) is 11.3 Å². The van der Waals surface area contributed by atoms with Crippen molar-refractivity contribution in [2.24, 2.45) is 0 Å². The molecule has 108 valence electrons. The molecule has 0 saturated carbocycles. The van der Waals surface area contributed by atoms with Crippen LogP contribution < -0.4 is 0 Å². The highest BCUT2D eigenvalue weighted by atomic mass is 79.9. The van der Waals surface area contributed by atoms with Gasteiger partial charge in [-0.05, 0) is 24.5 Å². The molecule has 1 aromatic carbocycles. The molecule has 0 fully saturated rings. The lowest BCUT2D eigenvalue weighted by molar-refractivity contribution is -0.138. The third kappa shape index (κ3) is 3.39. The van der Waals surface area contributed by atoms with Crippen LogP contribution in [0.4, 0.5) is 13.2 Å². The Bertz CT molecular complexity index is 706. The smallest absolute Gasteiger partial charge is 0.240 e. The van der Waals surface area contributed by atoms with Crippen LogP contribution in [-0.2, 0) is 6.18 Å². The molecule has 0 unspecified atom stereocenters. The first-order valence-corrected chi connectivity index (χ1v) is 7.71. The van der Waals surface area contributed by atoms with Crippen LogP contribution in [-0.4, -0.2) is 11.2 Å². The van der Waals surface area contributed by atoms with E-state index in [2.05, 4.69) is 20.9 Å². The second kappa shape index (κ2) is 6.08. The third-order valence-corrected chi connectivity index (χ3v) is 3.95. The summed E-state index contributed by atoms with van der Waals surface area (Å²) in [6.45, 7) is 0. The van der Waals surface area contributed by atoms with Crippen molar-refractivity contribution in [1.29, 1.82) is 5.26 Å². The molecular formula is C14H8BrF3N2S. The van der Waals surface area contributed by atoms with Gasteiger partial charge in [-0.2, -0.15) is 18.4 Å². The minimum atomic E-state index is -4.59. The number of alkyl halides is 3. The molecule has 0 spiro atoms. The molecule has 0 saturated heterocycles. The van der Waals surface area contributed by atoms with Gasteiger partial charge in [0.15, 0.2) is 0 Å². The highest BCUT2D eigenvalue weighted by Crippen LogP contribution is 2.37. The van der Waals surface area contributed by atoms with E-state index in [0.29, 0.717) is 5.56 Å². The Balaban J connectivity index is 2.69. The first kappa shape index (κ1) is 15.9. The molecule has 0 aliphatic rings. The molecule has 1 aromatic heterocycles. The van der Waals surface area contributed by atoms with Gasteiger partial charge in [-0.15, -0.1) is 11.8 Å². The van der Waals surface area contributed by atoms with Gasteiger partial charge in [-0.3, -0.25) is 0 Å². The molecule has 0 N–H and O–H groups in total. The van der Waals surface area contributed by atoms with Crippen LogP contribution in [0.2, 0.25) is 0 Å². The summed E-state index contributed by atoms with van der Waals surface area (Å²) in [5.74, 6) is 0. The topological polar surface area (TPSA) is 36.7 Å². The number of benzene rings is 1. The molecule has 0 amide bonds. The molecule has 7 heteroatoms. The number of halogens is 4. The fourth-order valence-electron chi connectivity index (χ4n) is 1.77. The minimum absolute atomic E-state index is 0.0743. The standard InChI is InChI=1S/C14H8BrF3N2S/c1-21-13-10(7-19)11(14(16,17)18)6-12(20-13)8-2-4-9(15)5-3-8/h2-6H,1H3. The molecule has 2 rings (SSSR count). The Morgan fingerprint density at radius 3 is 2.33 bits per heavy atom. The Kier molecular flexibility index (Phi) is 4.59. The van der Waals surface area contributed by atoms with E-state index in [1.807, 2.05) is 0 Å². The summed E-state index contributed by atoms with van der Waals surface area (Å²) in [6, 6.07) is 9.30. The Morgan fingerprint density at radius 2 is 1.86 bits per heavy atom. The largest absolute Gasteiger partial charge is 0.417 e. The lowest BCUT2D eigenvalue weighted by Crippen LogP contribution is -2.10. The molecule has 2 nitrogen and oxygen atoms in total. The molecule has 0 aliphatic heterocycles. The van der Waals surface area contributed by atoms with E-state index in [9.17, 15) is 13.2 Å². The molecule has 1 heterocycles. The molecule has 2 aromatic rings. The third-order valence-electron chi connectivity index (χ3n) is 2.74. The number of pyridine rings is 1. The van der Waals surface area contributed by atoms with Crippen molar-refractivity contribution in [3.8, 4) is 17.3 Å². The number of hydrogen-bond acceptors (Lipinski definition) is 3. The average molecular weight is 373 g/mol. The van der Waals surface area contributed by atoms with Crippen LogP contribution in [0.5, 0.6) is 0 Å². The summed E-state index contributed by atoms with van der Waals surface area (Å²) < 4.78 is 40.2. The van der Waals surface area contributed by atoms with Crippen molar-refractivity contribution in [2.45, 2.75) is 11.2 Å². The fourth-order valence-corrected chi connectivity index (χ4v) is 2.58. The Labute approximate surface area is 132 Å². The lowest BCUT2D eigenvalue weighted by Gasteiger charge is -2.13. The van der Waals surface area contributed by atoms with Crippen molar-refractivity contribution in [3.63, 3.8) is 0 Å². The number of hydrogen-bond donors (Lipinski definition) is 0. The van der Waals surface area contributed by atoms with Gasteiger partial charge >= 0.3 is 6.18 Å². The SMILES string of the molecule is CSc1nc(-c2ccc(Br)cc2)cc(C(F)(F)F)c1C#N. The van der Waals surface area contributed by atoms with E-state index in [1.54, 1.807) is 36.6 Å². The molecule has 0 aliphatic carbocycles. The number of rotatable bonds is 2. The van der Waals surface area contributed by atoms with Gasteiger partial charge < -0.3 is 0 Å². The fraction of sp³-hybridized carbons (Fsp3) is 0.143. The molecule has 0 atom stereocenters. The second-order valence-corrected chi connectivity index (χ2v) is 5.77. The van der Waals surface area contributed by atoms with Gasteiger partial charge in [-0.1, -0.05) is 28.1 Å². The maximum absolute atomic E-state index is 13.1. The maximum Gasteiger partial charge on any atom is 0.417 e. The Morgan fingerprint density at radius 1 is 1.24 bits per heavy atom. The monoisotopic (exact) mass is 372 g/mol. The number of aromatic nitrogens is 1. The summed E-state index contributed by atoms with van der Waals surface area (Å²) in [7, 11) is 0. The first-order valence-electron chi connectivity index (χ1n) is 5.69. The molecular weight excluding hydrogens is 365 g/mol. The number of thioether (sulfide) groups is 1. The van der Waals surface area contributed by atoms with E-state index in [0.717, 1.165) is 22.3 Å². The average Bonchev–Trinajstić information content (AvgIpc) is 2.45. The lowest BCUT2D eigenvalue weighted by atomic mass is 10.1. The minimum Gasteiger partial charge on any atom is -0.240 e. The molecule has 0 bridgehead atoms. The van der Waals surface area contributed by atoms with Gasteiger partial charge in [-0.25, -0.2) is 4.98 Å².